The molecule has 1 N–H and O–H groups in total. The van der Waals surface area contributed by atoms with Crippen LogP contribution in [-0.2, 0) is 4.74 Å². The Hall–Kier alpha value is -0.640. The normalized spacial score (nSPS) is 21.6. The highest BCUT2D eigenvalue weighted by molar-refractivity contribution is 6.31. The second kappa shape index (κ2) is 6.34. The summed E-state index contributed by atoms with van der Waals surface area (Å²) >= 11 is 6.23. The van der Waals surface area contributed by atoms with Gasteiger partial charge >= 0.3 is 0 Å². The Morgan fingerprint density at radius 1 is 1.65 bits per heavy atom. The fourth-order valence-electron chi connectivity index (χ4n) is 2.23. The number of ether oxygens (including phenoxy) is 1. The van der Waals surface area contributed by atoms with Gasteiger partial charge in [-0.05, 0) is 31.5 Å². The lowest BCUT2D eigenvalue weighted by Crippen LogP contribution is -2.30. The molecule has 0 aromatic carbocycles. The van der Waals surface area contributed by atoms with Crippen LogP contribution < -0.4 is 5.32 Å². The first-order valence-corrected chi connectivity index (χ1v) is 6.62. The van der Waals surface area contributed by atoms with Crippen molar-refractivity contribution in [3.05, 3.63) is 29.0 Å². The van der Waals surface area contributed by atoms with Crippen LogP contribution in [0.25, 0.3) is 0 Å². The van der Waals surface area contributed by atoms with E-state index in [9.17, 15) is 0 Å². The van der Waals surface area contributed by atoms with Gasteiger partial charge < -0.3 is 10.1 Å². The van der Waals surface area contributed by atoms with E-state index in [1.54, 1.807) is 6.20 Å². The van der Waals surface area contributed by atoms with Crippen molar-refractivity contribution in [2.75, 3.05) is 19.8 Å². The highest BCUT2D eigenvalue weighted by Crippen LogP contribution is 2.31. The number of pyridine rings is 1. The molecule has 2 atom stereocenters. The van der Waals surface area contributed by atoms with Crippen LogP contribution in [0.1, 0.15) is 31.5 Å². The molecule has 1 saturated heterocycles. The molecule has 0 aliphatic carbocycles. The van der Waals surface area contributed by atoms with Gasteiger partial charge in [0, 0.05) is 18.7 Å². The van der Waals surface area contributed by atoms with Crippen molar-refractivity contribution in [3.8, 4) is 0 Å². The summed E-state index contributed by atoms with van der Waals surface area (Å²) in [5.41, 5.74) is 0.957. The Balaban J connectivity index is 2.16. The summed E-state index contributed by atoms with van der Waals surface area (Å²) < 4.78 is 5.47. The molecule has 0 radical (unpaired) electrons. The van der Waals surface area contributed by atoms with Crippen molar-refractivity contribution in [1.29, 1.82) is 0 Å². The Bertz CT molecular complexity index is 353. The van der Waals surface area contributed by atoms with Crippen LogP contribution in [0.4, 0.5) is 0 Å². The third-order valence-corrected chi connectivity index (χ3v) is 3.45. The third-order valence-electron chi connectivity index (χ3n) is 3.13. The first-order valence-electron chi connectivity index (χ1n) is 6.24. The zero-order chi connectivity index (χ0) is 12.1. The molecule has 0 amide bonds. The Morgan fingerprint density at radius 2 is 2.53 bits per heavy atom. The monoisotopic (exact) mass is 254 g/mol. The second-order valence-electron chi connectivity index (χ2n) is 4.43. The first kappa shape index (κ1) is 12.8. The summed E-state index contributed by atoms with van der Waals surface area (Å²) in [5, 5.41) is 4.29. The maximum absolute atomic E-state index is 6.23. The molecule has 1 aliphatic rings. The van der Waals surface area contributed by atoms with Crippen molar-refractivity contribution < 1.29 is 4.74 Å². The molecule has 0 spiro atoms. The number of hydrogen-bond acceptors (Lipinski definition) is 3. The van der Waals surface area contributed by atoms with E-state index in [0.717, 1.165) is 43.3 Å². The lowest BCUT2D eigenvalue weighted by Gasteiger charge is -2.24. The standard InChI is InChI=1S/C13H19ClN2O/c1-2-6-15-12(10-5-8-17-9-10)13-11(14)4-3-7-16-13/h3-4,7,10,12,15H,2,5-6,8-9H2,1H3. The minimum atomic E-state index is 0.214. The van der Waals surface area contributed by atoms with Crippen molar-refractivity contribution in [2.45, 2.75) is 25.8 Å². The second-order valence-corrected chi connectivity index (χ2v) is 4.83. The zero-order valence-corrected chi connectivity index (χ0v) is 10.9. The molecule has 0 bridgehead atoms. The minimum absolute atomic E-state index is 0.214. The average molecular weight is 255 g/mol. The number of rotatable bonds is 5. The predicted molar refractivity (Wildman–Crippen MR) is 69.2 cm³/mol. The zero-order valence-electron chi connectivity index (χ0n) is 10.2. The van der Waals surface area contributed by atoms with E-state index in [1.165, 1.54) is 0 Å². The summed E-state index contributed by atoms with van der Waals surface area (Å²) in [6.07, 6.45) is 3.99. The summed E-state index contributed by atoms with van der Waals surface area (Å²) in [6.45, 7) is 4.79. The third kappa shape index (κ3) is 3.18. The molecule has 1 fully saturated rings. The molecule has 1 aliphatic heterocycles. The van der Waals surface area contributed by atoms with Crippen LogP contribution in [0.2, 0.25) is 5.02 Å². The van der Waals surface area contributed by atoms with Crippen molar-refractivity contribution in [3.63, 3.8) is 0 Å². The largest absolute Gasteiger partial charge is 0.381 e. The molecule has 0 saturated carbocycles. The first-order chi connectivity index (χ1) is 8.33. The summed E-state index contributed by atoms with van der Waals surface area (Å²) in [6, 6.07) is 3.99. The molecule has 1 aromatic rings. The Morgan fingerprint density at radius 3 is 3.18 bits per heavy atom. The maximum Gasteiger partial charge on any atom is 0.0762 e. The smallest absolute Gasteiger partial charge is 0.0762 e. The molecular weight excluding hydrogens is 236 g/mol. The minimum Gasteiger partial charge on any atom is -0.381 e. The fourth-order valence-corrected chi connectivity index (χ4v) is 2.47. The maximum atomic E-state index is 6.23. The molecule has 2 unspecified atom stereocenters. The molecule has 94 valence electrons. The summed E-state index contributed by atoms with van der Waals surface area (Å²) in [4.78, 5) is 4.43. The van der Waals surface area contributed by atoms with Crippen LogP contribution in [0.5, 0.6) is 0 Å². The number of nitrogens with zero attached hydrogens (tertiary/aromatic N) is 1. The lowest BCUT2D eigenvalue weighted by molar-refractivity contribution is 0.176. The summed E-state index contributed by atoms with van der Waals surface area (Å²) in [7, 11) is 0. The molecule has 2 heterocycles. The summed E-state index contributed by atoms with van der Waals surface area (Å²) in [5.74, 6) is 0.481. The van der Waals surface area contributed by atoms with E-state index in [4.69, 9.17) is 16.3 Å². The SMILES string of the molecule is CCCNC(c1ncccc1Cl)C1CCOC1. The van der Waals surface area contributed by atoms with Gasteiger partial charge in [0.2, 0.25) is 0 Å². The van der Waals surface area contributed by atoms with Gasteiger partial charge in [-0.2, -0.15) is 0 Å². The quantitative estimate of drug-likeness (QED) is 0.878. The highest BCUT2D eigenvalue weighted by Gasteiger charge is 2.28. The van der Waals surface area contributed by atoms with E-state index in [2.05, 4.69) is 17.2 Å². The van der Waals surface area contributed by atoms with Gasteiger partial charge in [-0.15, -0.1) is 0 Å². The van der Waals surface area contributed by atoms with Gasteiger partial charge in [0.15, 0.2) is 0 Å². The number of hydrogen-bond donors (Lipinski definition) is 1. The van der Waals surface area contributed by atoms with Crippen LogP contribution in [0.3, 0.4) is 0 Å². The molecule has 1 aromatic heterocycles. The van der Waals surface area contributed by atoms with Crippen molar-refractivity contribution in [1.82, 2.24) is 10.3 Å². The van der Waals surface area contributed by atoms with Gasteiger partial charge in [-0.25, -0.2) is 0 Å². The molecular formula is C13H19ClN2O. The Labute approximate surface area is 108 Å². The van der Waals surface area contributed by atoms with E-state index in [1.807, 2.05) is 12.1 Å². The topological polar surface area (TPSA) is 34.2 Å². The van der Waals surface area contributed by atoms with E-state index >= 15 is 0 Å². The molecule has 4 heteroatoms. The fraction of sp³-hybridized carbons (Fsp3) is 0.615. The number of halogens is 1. The molecule has 17 heavy (non-hydrogen) atoms. The van der Waals surface area contributed by atoms with Gasteiger partial charge in [-0.1, -0.05) is 18.5 Å². The van der Waals surface area contributed by atoms with Gasteiger partial charge in [0.25, 0.3) is 0 Å². The van der Waals surface area contributed by atoms with Gasteiger partial charge in [0.1, 0.15) is 0 Å². The van der Waals surface area contributed by atoms with Crippen molar-refractivity contribution >= 4 is 11.6 Å². The van der Waals surface area contributed by atoms with Gasteiger partial charge in [0.05, 0.1) is 23.4 Å². The van der Waals surface area contributed by atoms with Crippen molar-refractivity contribution in [2.24, 2.45) is 5.92 Å². The Kier molecular flexibility index (Phi) is 4.77. The van der Waals surface area contributed by atoms with E-state index in [-0.39, 0.29) is 6.04 Å². The van der Waals surface area contributed by atoms with Crippen LogP contribution >= 0.6 is 11.6 Å². The highest BCUT2D eigenvalue weighted by atomic mass is 35.5. The van der Waals surface area contributed by atoms with Gasteiger partial charge in [-0.3, -0.25) is 4.98 Å². The number of nitrogens with one attached hydrogen (secondary N) is 1. The van der Waals surface area contributed by atoms with Crippen LogP contribution in [-0.4, -0.2) is 24.7 Å². The van der Waals surface area contributed by atoms with Crippen LogP contribution in [0, 0.1) is 5.92 Å². The van der Waals surface area contributed by atoms with E-state index in [0.29, 0.717) is 5.92 Å². The van der Waals surface area contributed by atoms with Crippen LogP contribution in [0.15, 0.2) is 18.3 Å². The molecule has 3 nitrogen and oxygen atoms in total. The average Bonchev–Trinajstić information content (AvgIpc) is 2.85. The lowest BCUT2D eigenvalue weighted by atomic mass is 9.95. The van der Waals surface area contributed by atoms with E-state index < -0.39 is 0 Å². The number of aromatic nitrogens is 1. The predicted octanol–water partition coefficient (Wildman–Crippen LogP) is 2.81. The molecule has 2 rings (SSSR count).